The van der Waals surface area contributed by atoms with E-state index in [0.717, 1.165) is 13.1 Å². The van der Waals surface area contributed by atoms with Gasteiger partial charge in [0.15, 0.2) is 0 Å². The Kier molecular flexibility index (Phi) is 4.67. The molecule has 110 valence electrons. The fourth-order valence-electron chi connectivity index (χ4n) is 2.71. The molecule has 1 N–H and O–H groups in total. The first kappa shape index (κ1) is 14.6. The van der Waals surface area contributed by atoms with Gasteiger partial charge >= 0.3 is 0 Å². The molecule has 0 aliphatic heterocycles. The highest BCUT2D eigenvalue weighted by Gasteiger charge is 2.00. The fraction of sp³-hybridized carbons (Fsp3) is 0.143. The SMILES string of the molecule is CC=C(CNCc1ccc2ccccc2c1)c1ccccc1. The summed E-state index contributed by atoms with van der Waals surface area (Å²) in [5.74, 6) is 0. The Bertz CT molecular complexity index is 772. The standard InChI is InChI=1S/C21H21N/c1-2-18(19-8-4-3-5-9-19)16-22-15-17-12-13-20-10-6-7-11-21(20)14-17/h2-14,22H,15-16H2,1H3. The van der Waals surface area contributed by atoms with Crippen LogP contribution >= 0.6 is 0 Å². The van der Waals surface area contributed by atoms with Crippen LogP contribution in [0.3, 0.4) is 0 Å². The van der Waals surface area contributed by atoms with Crippen molar-refractivity contribution < 1.29 is 0 Å². The van der Waals surface area contributed by atoms with Crippen molar-refractivity contribution in [1.29, 1.82) is 0 Å². The van der Waals surface area contributed by atoms with E-state index in [4.69, 9.17) is 0 Å². The van der Waals surface area contributed by atoms with Crippen LogP contribution < -0.4 is 5.32 Å². The molecule has 0 unspecified atom stereocenters. The van der Waals surface area contributed by atoms with Crippen molar-refractivity contribution in [1.82, 2.24) is 5.32 Å². The lowest BCUT2D eigenvalue weighted by Crippen LogP contribution is -2.16. The third kappa shape index (κ3) is 3.44. The maximum atomic E-state index is 3.55. The van der Waals surface area contributed by atoms with Gasteiger partial charge < -0.3 is 5.32 Å². The molecule has 0 aliphatic rings. The van der Waals surface area contributed by atoms with Gasteiger partial charge in [-0.15, -0.1) is 0 Å². The van der Waals surface area contributed by atoms with Crippen LogP contribution in [0.25, 0.3) is 16.3 Å². The van der Waals surface area contributed by atoms with Crippen molar-refractivity contribution in [3.05, 3.63) is 90.0 Å². The average molecular weight is 287 g/mol. The largest absolute Gasteiger partial charge is 0.309 e. The molecule has 0 bridgehead atoms. The van der Waals surface area contributed by atoms with E-state index in [1.54, 1.807) is 0 Å². The van der Waals surface area contributed by atoms with Crippen molar-refractivity contribution in [2.24, 2.45) is 0 Å². The van der Waals surface area contributed by atoms with E-state index in [1.807, 2.05) is 0 Å². The molecule has 0 spiro atoms. The molecular weight excluding hydrogens is 266 g/mol. The molecule has 0 fully saturated rings. The number of rotatable bonds is 5. The minimum absolute atomic E-state index is 0.882. The second-order valence-electron chi connectivity index (χ2n) is 5.46. The van der Waals surface area contributed by atoms with E-state index in [9.17, 15) is 0 Å². The smallest absolute Gasteiger partial charge is 0.0211 e. The normalized spacial score (nSPS) is 11.8. The average Bonchev–Trinajstić information content (AvgIpc) is 2.59. The minimum atomic E-state index is 0.882. The van der Waals surface area contributed by atoms with Crippen LogP contribution in [-0.2, 0) is 6.54 Å². The molecule has 0 saturated heterocycles. The second-order valence-corrected chi connectivity index (χ2v) is 5.46. The van der Waals surface area contributed by atoms with Gasteiger partial charge in [0.2, 0.25) is 0 Å². The van der Waals surface area contributed by atoms with Gasteiger partial charge in [-0.3, -0.25) is 0 Å². The second kappa shape index (κ2) is 7.06. The molecule has 0 aromatic heterocycles. The molecule has 0 atom stereocenters. The van der Waals surface area contributed by atoms with Gasteiger partial charge in [0, 0.05) is 13.1 Å². The number of hydrogen-bond acceptors (Lipinski definition) is 1. The van der Waals surface area contributed by atoms with E-state index >= 15 is 0 Å². The van der Waals surface area contributed by atoms with Crippen LogP contribution in [0, 0.1) is 0 Å². The van der Waals surface area contributed by atoms with Crippen LogP contribution in [0.15, 0.2) is 78.9 Å². The predicted molar refractivity (Wildman–Crippen MR) is 95.7 cm³/mol. The molecular formula is C21H21N. The first-order valence-corrected chi connectivity index (χ1v) is 7.76. The van der Waals surface area contributed by atoms with Gasteiger partial charge in [0.25, 0.3) is 0 Å². The Balaban J connectivity index is 1.64. The van der Waals surface area contributed by atoms with Crippen molar-refractivity contribution in [3.8, 4) is 0 Å². The summed E-state index contributed by atoms with van der Waals surface area (Å²) in [6.45, 7) is 3.86. The highest BCUT2D eigenvalue weighted by atomic mass is 14.8. The molecule has 1 heteroatoms. The lowest BCUT2D eigenvalue weighted by Gasteiger charge is -2.10. The highest BCUT2D eigenvalue weighted by molar-refractivity contribution is 5.83. The van der Waals surface area contributed by atoms with E-state index in [1.165, 1.54) is 27.5 Å². The molecule has 3 aromatic carbocycles. The van der Waals surface area contributed by atoms with Gasteiger partial charge in [0.05, 0.1) is 0 Å². The van der Waals surface area contributed by atoms with Gasteiger partial charge in [-0.2, -0.15) is 0 Å². The Morgan fingerprint density at radius 3 is 2.36 bits per heavy atom. The predicted octanol–water partition coefficient (Wildman–Crippen LogP) is 5.03. The quantitative estimate of drug-likeness (QED) is 0.693. The fourth-order valence-corrected chi connectivity index (χ4v) is 2.71. The minimum Gasteiger partial charge on any atom is -0.309 e. The molecule has 1 nitrogen and oxygen atoms in total. The summed E-state index contributed by atoms with van der Waals surface area (Å²) in [7, 11) is 0. The summed E-state index contributed by atoms with van der Waals surface area (Å²) in [6.07, 6.45) is 2.18. The summed E-state index contributed by atoms with van der Waals surface area (Å²) >= 11 is 0. The number of nitrogens with one attached hydrogen (secondary N) is 1. The number of fused-ring (bicyclic) bond motifs is 1. The van der Waals surface area contributed by atoms with Crippen molar-refractivity contribution in [3.63, 3.8) is 0 Å². The Hall–Kier alpha value is -2.38. The topological polar surface area (TPSA) is 12.0 Å². The van der Waals surface area contributed by atoms with Crippen LogP contribution in [0.5, 0.6) is 0 Å². The first-order chi connectivity index (χ1) is 10.9. The van der Waals surface area contributed by atoms with Crippen LogP contribution in [-0.4, -0.2) is 6.54 Å². The van der Waals surface area contributed by atoms with Crippen LogP contribution in [0.4, 0.5) is 0 Å². The summed E-state index contributed by atoms with van der Waals surface area (Å²) in [4.78, 5) is 0. The summed E-state index contributed by atoms with van der Waals surface area (Å²) in [6, 6.07) is 25.7. The van der Waals surface area contributed by atoms with E-state index in [-0.39, 0.29) is 0 Å². The molecule has 3 rings (SSSR count). The third-order valence-corrected chi connectivity index (χ3v) is 3.95. The molecule has 22 heavy (non-hydrogen) atoms. The van der Waals surface area contributed by atoms with Crippen molar-refractivity contribution >= 4 is 16.3 Å². The zero-order valence-corrected chi connectivity index (χ0v) is 12.9. The number of hydrogen-bond donors (Lipinski definition) is 1. The Morgan fingerprint density at radius 2 is 1.59 bits per heavy atom. The molecule has 3 aromatic rings. The monoisotopic (exact) mass is 287 g/mol. The summed E-state index contributed by atoms with van der Waals surface area (Å²) in [5, 5.41) is 6.15. The lowest BCUT2D eigenvalue weighted by atomic mass is 10.1. The lowest BCUT2D eigenvalue weighted by molar-refractivity contribution is 0.768. The van der Waals surface area contributed by atoms with Crippen LogP contribution in [0.2, 0.25) is 0 Å². The third-order valence-electron chi connectivity index (χ3n) is 3.95. The molecule has 0 saturated carbocycles. The first-order valence-electron chi connectivity index (χ1n) is 7.76. The van der Waals surface area contributed by atoms with E-state index < -0.39 is 0 Å². The molecule has 0 amide bonds. The van der Waals surface area contributed by atoms with Gasteiger partial charge in [-0.05, 0) is 40.5 Å². The summed E-state index contributed by atoms with van der Waals surface area (Å²) < 4.78 is 0. The van der Waals surface area contributed by atoms with Gasteiger partial charge in [-0.25, -0.2) is 0 Å². The van der Waals surface area contributed by atoms with E-state index in [2.05, 4.69) is 91.1 Å². The molecule has 0 heterocycles. The Labute approximate surface area is 132 Å². The Morgan fingerprint density at radius 1 is 0.864 bits per heavy atom. The zero-order chi connectivity index (χ0) is 15.2. The number of allylic oxidation sites excluding steroid dienone is 1. The zero-order valence-electron chi connectivity index (χ0n) is 12.9. The summed E-state index contributed by atoms with van der Waals surface area (Å²) in [5.41, 5.74) is 3.94. The maximum absolute atomic E-state index is 3.55. The molecule has 0 radical (unpaired) electrons. The maximum Gasteiger partial charge on any atom is 0.0211 e. The van der Waals surface area contributed by atoms with Crippen LogP contribution in [0.1, 0.15) is 18.1 Å². The van der Waals surface area contributed by atoms with Crippen molar-refractivity contribution in [2.45, 2.75) is 13.5 Å². The van der Waals surface area contributed by atoms with Gasteiger partial charge in [-0.1, -0.05) is 72.8 Å². The number of benzene rings is 3. The van der Waals surface area contributed by atoms with Gasteiger partial charge in [0.1, 0.15) is 0 Å². The van der Waals surface area contributed by atoms with E-state index in [0.29, 0.717) is 0 Å². The highest BCUT2D eigenvalue weighted by Crippen LogP contribution is 2.16. The van der Waals surface area contributed by atoms with Crippen molar-refractivity contribution in [2.75, 3.05) is 6.54 Å². The molecule has 0 aliphatic carbocycles.